The number of hydrogen-bond acceptors (Lipinski definition) is 4. The van der Waals surface area contributed by atoms with E-state index in [9.17, 15) is 9.59 Å². The molecule has 2 heterocycles. The van der Waals surface area contributed by atoms with E-state index in [2.05, 4.69) is 0 Å². The van der Waals surface area contributed by atoms with Gasteiger partial charge >= 0.3 is 5.97 Å². The number of hydrogen-bond donors (Lipinski definition) is 0. The van der Waals surface area contributed by atoms with Crippen LogP contribution in [0.2, 0.25) is 0 Å². The molecule has 2 aliphatic heterocycles. The Labute approximate surface area is 119 Å². The monoisotopic (exact) mass is 281 g/mol. The highest BCUT2D eigenvalue weighted by Crippen LogP contribution is 2.41. The second kappa shape index (κ2) is 5.72. The van der Waals surface area contributed by atoms with Crippen molar-refractivity contribution >= 4 is 11.9 Å². The first-order valence-corrected chi connectivity index (χ1v) is 7.70. The van der Waals surface area contributed by atoms with Gasteiger partial charge < -0.3 is 14.4 Å². The number of methoxy groups -OCH3 is 1. The van der Waals surface area contributed by atoms with Crippen molar-refractivity contribution in [3.8, 4) is 0 Å². The maximum atomic E-state index is 12.8. The third kappa shape index (κ3) is 2.32. The summed E-state index contributed by atoms with van der Waals surface area (Å²) in [4.78, 5) is 26.7. The molecule has 4 atom stereocenters. The number of carbonyl (C=O) groups is 2. The van der Waals surface area contributed by atoms with Crippen LogP contribution in [0.15, 0.2) is 0 Å². The van der Waals surface area contributed by atoms with Crippen LogP contribution in [0.3, 0.4) is 0 Å². The summed E-state index contributed by atoms with van der Waals surface area (Å²) in [5, 5.41) is 0. The van der Waals surface area contributed by atoms with Gasteiger partial charge in [-0.2, -0.15) is 0 Å². The van der Waals surface area contributed by atoms with E-state index in [4.69, 9.17) is 9.47 Å². The molecule has 1 amide bonds. The smallest absolute Gasteiger partial charge is 0.328 e. The lowest BCUT2D eigenvalue weighted by atomic mass is 9.84. The molecule has 0 bridgehead atoms. The van der Waals surface area contributed by atoms with Crippen molar-refractivity contribution in [3.63, 3.8) is 0 Å². The largest absolute Gasteiger partial charge is 0.467 e. The summed E-state index contributed by atoms with van der Waals surface area (Å²) in [5.74, 6) is 0.251. The van der Waals surface area contributed by atoms with Gasteiger partial charge in [-0.25, -0.2) is 4.79 Å². The minimum atomic E-state index is -0.374. The van der Waals surface area contributed by atoms with E-state index in [1.807, 2.05) is 4.90 Å². The molecule has 0 radical (unpaired) electrons. The molecule has 2 saturated heterocycles. The summed E-state index contributed by atoms with van der Waals surface area (Å²) in [5.41, 5.74) is 0. The van der Waals surface area contributed by atoms with Gasteiger partial charge in [0.1, 0.15) is 6.04 Å². The average molecular weight is 281 g/mol. The van der Waals surface area contributed by atoms with E-state index >= 15 is 0 Å². The maximum absolute atomic E-state index is 12.8. The van der Waals surface area contributed by atoms with Crippen LogP contribution < -0.4 is 0 Å². The Morgan fingerprint density at radius 3 is 2.70 bits per heavy atom. The van der Waals surface area contributed by atoms with Crippen molar-refractivity contribution in [2.24, 2.45) is 11.8 Å². The predicted molar refractivity (Wildman–Crippen MR) is 71.9 cm³/mol. The Balaban J connectivity index is 1.81. The Bertz CT molecular complexity index is 391. The van der Waals surface area contributed by atoms with Crippen molar-refractivity contribution in [1.29, 1.82) is 0 Å². The number of rotatable bonds is 2. The van der Waals surface area contributed by atoms with E-state index in [0.717, 1.165) is 32.1 Å². The SMILES string of the molecule is COC(=O)C1CC2CCCCC2N1C(=O)C1CCOC1. The summed E-state index contributed by atoms with van der Waals surface area (Å²) in [6.07, 6.45) is 6.07. The fourth-order valence-electron chi connectivity index (χ4n) is 4.06. The number of carbonyl (C=O) groups excluding carboxylic acids is 2. The highest BCUT2D eigenvalue weighted by Gasteiger charge is 2.49. The van der Waals surface area contributed by atoms with E-state index in [0.29, 0.717) is 19.1 Å². The number of fused-ring (bicyclic) bond motifs is 1. The zero-order chi connectivity index (χ0) is 14.1. The predicted octanol–water partition coefficient (Wildman–Crippen LogP) is 1.36. The molecule has 1 saturated carbocycles. The molecule has 5 heteroatoms. The molecular weight excluding hydrogens is 258 g/mol. The van der Waals surface area contributed by atoms with Crippen molar-refractivity contribution in [1.82, 2.24) is 4.90 Å². The Hall–Kier alpha value is -1.10. The molecule has 4 unspecified atom stereocenters. The molecule has 112 valence electrons. The summed E-state index contributed by atoms with van der Waals surface area (Å²) in [6.45, 7) is 1.15. The summed E-state index contributed by atoms with van der Waals surface area (Å²) in [7, 11) is 1.41. The van der Waals surface area contributed by atoms with Gasteiger partial charge in [0, 0.05) is 12.6 Å². The molecule has 5 nitrogen and oxygen atoms in total. The third-order valence-corrected chi connectivity index (χ3v) is 5.09. The Morgan fingerprint density at radius 2 is 2.00 bits per heavy atom. The fourth-order valence-corrected chi connectivity index (χ4v) is 4.06. The van der Waals surface area contributed by atoms with Crippen LogP contribution >= 0.6 is 0 Å². The van der Waals surface area contributed by atoms with Gasteiger partial charge in [0.05, 0.1) is 19.6 Å². The van der Waals surface area contributed by atoms with Gasteiger partial charge in [-0.1, -0.05) is 12.8 Å². The van der Waals surface area contributed by atoms with Gasteiger partial charge in [-0.15, -0.1) is 0 Å². The van der Waals surface area contributed by atoms with Gasteiger partial charge in [0.2, 0.25) is 5.91 Å². The van der Waals surface area contributed by atoms with Crippen LogP contribution in [0.4, 0.5) is 0 Å². The molecule has 3 fully saturated rings. The van der Waals surface area contributed by atoms with Gasteiger partial charge in [-0.05, 0) is 31.6 Å². The normalized spacial score (nSPS) is 36.8. The molecule has 0 aromatic rings. The first-order chi connectivity index (χ1) is 9.72. The first kappa shape index (κ1) is 13.9. The van der Waals surface area contributed by atoms with Crippen LogP contribution in [0.5, 0.6) is 0 Å². The lowest BCUT2D eigenvalue weighted by Gasteiger charge is -2.34. The lowest BCUT2D eigenvalue weighted by molar-refractivity contribution is -0.154. The number of amides is 1. The van der Waals surface area contributed by atoms with Crippen LogP contribution in [0, 0.1) is 11.8 Å². The molecule has 3 rings (SSSR count). The molecule has 20 heavy (non-hydrogen) atoms. The minimum absolute atomic E-state index is 0.0668. The second-order valence-corrected chi connectivity index (χ2v) is 6.19. The van der Waals surface area contributed by atoms with Crippen molar-refractivity contribution in [3.05, 3.63) is 0 Å². The number of ether oxygens (including phenoxy) is 2. The molecular formula is C15H23NO4. The van der Waals surface area contributed by atoms with Crippen LogP contribution in [0.1, 0.15) is 38.5 Å². The number of esters is 1. The summed E-state index contributed by atoms with van der Waals surface area (Å²) < 4.78 is 10.3. The van der Waals surface area contributed by atoms with E-state index in [1.54, 1.807) is 0 Å². The summed E-state index contributed by atoms with van der Waals surface area (Å²) >= 11 is 0. The topological polar surface area (TPSA) is 55.8 Å². The maximum Gasteiger partial charge on any atom is 0.328 e. The highest BCUT2D eigenvalue weighted by molar-refractivity contribution is 5.87. The number of nitrogens with zero attached hydrogens (tertiary/aromatic N) is 1. The van der Waals surface area contributed by atoms with Crippen molar-refractivity contribution < 1.29 is 19.1 Å². The number of likely N-dealkylation sites (tertiary alicyclic amines) is 1. The lowest BCUT2D eigenvalue weighted by Crippen LogP contribution is -2.49. The first-order valence-electron chi connectivity index (χ1n) is 7.70. The quantitative estimate of drug-likeness (QED) is 0.717. The zero-order valence-corrected chi connectivity index (χ0v) is 12.0. The Morgan fingerprint density at radius 1 is 1.20 bits per heavy atom. The standard InChI is InChI=1S/C15H23NO4/c1-19-15(18)13-8-10-4-2-3-5-12(10)16(13)14(17)11-6-7-20-9-11/h10-13H,2-9H2,1H3. The summed E-state index contributed by atoms with van der Waals surface area (Å²) in [6, 6.07) is -0.137. The molecule has 0 aromatic carbocycles. The van der Waals surface area contributed by atoms with Gasteiger partial charge in [0.25, 0.3) is 0 Å². The van der Waals surface area contributed by atoms with Crippen molar-refractivity contribution in [2.45, 2.75) is 50.6 Å². The highest BCUT2D eigenvalue weighted by atomic mass is 16.5. The zero-order valence-electron chi connectivity index (χ0n) is 12.0. The van der Waals surface area contributed by atoms with Gasteiger partial charge in [0.15, 0.2) is 0 Å². The van der Waals surface area contributed by atoms with Crippen LogP contribution in [-0.2, 0) is 19.1 Å². The molecule has 0 N–H and O–H groups in total. The van der Waals surface area contributed by atoms with Crippen LogP contribution in [0.25, 0.3) is 0 Å². The molecule has 0 aromatic heterocycles. The van der Waals surface area contributed by atoms with Crippen molar-refractivity contribution in [2.75, 3.05) is 20.3 Å². The third-order valence-electron chi connectivity index (χ3n) is 5.09. The fraction of sp³-hybridized carbons (Fsp3) is 0.867. The van der Waals surface area contributed by atoms with E-state index in [-0.39, 0.29) is 29.9 Å². The minimum Gasteiger partial charge on any atom is -0.467 e. The van der Waals surface area contributed by atoms with Crippen LogP contribution in [-0.4, -0.2) is 49.2 Å². The Kier molecular flexibility index (Phi) is 3.96. The second-order valence-electron chi connectivity index (χ2n) is 6.19. The molecule has 3 aliphatic rings. The average Bonchev–Trinajstić information content (AvgIpc) is 3.12. The van der Waals surface area contributed by atoms with E-state index < -0.39 is 0 Å². The van der Waals surface area contributed by atoms with Gasteiger partial charge in [-0.3, -0.25) is 4.79 Å². The molecule has 1 aliphatic carbocycles. The van der Waals surface area contributed by atoms with E-state index in [1.165, 1.54) is 13.5 Å². The molecule has 0 spiro atoms.